The molecule has 2 aromatic rings. The standard InChI is InChI=1S/C19H21N3O3/c23-18(10-15-4-1-2-8-21-15)22-9-6-19(14-22)11-17(13-24-19)25-16-5-3-7-20-12-16/h1-5,7-8,12,17H,6,9-11,13-14H2. The van der Waals surface area contributed by atoms with E-state index in [0.29, 0.717) is 19.6 Å². The second-order valence-corrected chi connectivity index (χ2v) is 6.69. The molecule has 0 bridgehead atoms. The van der Waals surface area contributed by atoms with Crippen LogP contribution in [0.15, 0.2) is 48.9 Å². The second kappa shape index (κ2) is 6.80. The predicted octanol–water partition coefficient (Wildman–Crippen LogP) is 1.86. The molecule has 130 valence electrons. The van der Waals surface area contributed by atoms with Crippen LogP contribution in [0.3, 0.4) is 0 Å². The van der Waals surface area contributed by atoms with Crippen molar-refractivity contribution in [3.8, 4) is 5.75 Å². The lowest BCUT2D eigenvalue weighted by Crippen LogP contribution is -2.37. The average molecular weight is 339 g/mol. The molecule has 25 heavy (non-hydrogen) atoms. The number of hydrogen-bond acceptors (Lipinski definition) is 5. The predicted molar refractivity (Wildman–Crippen MR) is 91.1 cm³/mol. The summed E-state index contributed by atoms with van der Waals surface area (Å²) in [4.78, 5) is 22.7. The van der Waals surface area contributed by atoms with Crippen molar-refractivity contribution in [2.75, 3.05) is 19.7 Å². The molecule has 2 aromatic heterocycles. The van der Waals surface area contributed by atoms with E-state index in [-0.39, 0.29) is 17.6 Å². The van der Waals surface area contributed by atoms with E-state index in [2.05, 4.69) is 9.97 Å². The first-order chi connectivity index (χ1) is 12.2. The number of likely N-dealkylation sites (tertiary alicyclic amines) is 1. The maximum absolute atomic E-state index is 12.5. The van der Waals surface area contributed by atoms with Crippen molar-refractivity contribution < 1.29 is 14.3 Å². The minimum Gasteiger partial charge on any atom is -0.486 e. The van der Waals surface area contributed by atoms with Crippen molar-refractivity contribution in [3.05, 3.63) is 54.6 Å². The number of hydrogen-bond donors (Lipinski definition) is 0. The number of ether oxygens (including phenoxy) is 2. The summed E-state index contributed by atoms with van der Waals surface area (Å²) in [6.45, 7) is 1.91. The number of aromatic nitrogens is 2. The lowest BCUT2D eigenvalue weighted by Gasteiger charge is -2.23. The minimum absolute atomic E-state index is 0.00930. The van der Waals surface area contributed by atoms with Gasteiger partial charge in [0.25, 0.3) is 0 Å². The highest BCUT2D eigenvalue weighted by molar-refractivity contribution is 5.78. The van der Waals surface area contributed by atoms with Gasteiger partial charge in [0.2, 0.25) is 5.91 Å². The van der Waals surface area contributed by atoms with Gasteiger partial charge in [0.1, 0.15) is 11.9 Å². The number of amides is 1. The van der Waals surface area contributed by atoms with Crippen molar-refractivity contribution in [2.45, 2.75) is 31.0 Å². The Kier molecular flexibility index (Phi) is 4.36. The molecule has 0 N–H and O–H groups in total. The molecule has 1 amide bonds. The van der Waals surface area contributed by atoms with Crippen molar-refractivity contribution in [1.29, 1.82) is 0 Å². The van der Waals surface area contributed by atoms with E-state index in [1.807, 2.05) is 35.2 Å². The lowest BCUT2D eigenvalue weighted by atomic mass is 9.98. The van der Waals surface area contributed by atoms with Crippen LogP contribution in [0.25, 0.3) is 0 Å². The van der Waals surface area contributed by atoms with Crippen molar-refractivity contribution in [2.24, 2.45) is 0 Å². The molecule has 2 aliphatic rings. The normalized spacial score (nSPS) is 25.4. The van der Waals surface area contributed by atoms with E-state index in [0.717, 1.165) is 30.8 Å². The molecule has 6 heteroatoms. The summed E-state index contributed by atoms with van der Waals surface area (Å²) in [5.74, 6) is 0.866. The van der Waals surface area contributed by atoms with Crippen molar-refractivity contribution in [3.63, 3.8) is 0 Å². The second-order valence-electron chi connectivity index (χ2n) is 6.69. The van der Waals surface area contributed by atoms with E-state index >= 15 is 0 Å². The fourth-order valence-electron chi connectivity index (χ4n) is 3.60. The van der Waals surface area contributed by atoms with Crippen LogP contribution >= 0.6 is 0 Å². The summed E-state index contributed by atoms with van der Waals surface area (Å²) in [6, 6.07) is 9.40. The molecule has 4 heterocycles. The molecule has 2 fully saturated rings. The van der Waals surface area contributed by atoms with Gasteiger partial charge in [-0.05, 0) is 30.7 Å². The Morgan fingerprint density at radius 1 is 1.32 bits per heavy atom. The molecule has 6 nitrogen and oxygen atoms in total. The molecule has 4 rings (SSSR count). The topological polar surface area (TPSA) is 64.6 Å². The van der Waals surface area contributed by atoms with Crippen LogP contribution in [0.4, 0.5) is 0 Å². The summed E-state index contributed by atoms with van der Waals surface area (Å²) >= 11 is 0. The van der Waals surface area contributed by atoms with Gasteiger partial charge in [0, 0.05) is 37.6 Å². The molecule has 0 aromatic carbocycles. The van der Waals surface area contributed by atoms with E-state index in [9.17, 15) is 4.79 Å². The molecule has 2 atom stereocenters. The van der Waals surface area contributed by atoms with E-state index < -0.39 is 0 Å². The third kappa shape index (κ3) is 3.64. The maximum Gasteiger partial charge on any atom is 0.228 e. The fourth-order valence-corrected chi connectivity index (χ4v) is 3.60. The van der Waals surface area contributed by atoms with Crippen LogP contribution < -0.4 is 4.74 Å². The molecule has 2 unspecified atom stereocenters. The van der Waals surface area contributed by atoms with Gasteiger partial charge in [0.15, 0.2) is 0 Å². The highest BCUT2D eigenvalue weighted by atomic mass is 16.6. The molecular formula is C19H21N3O3. The fraction of sp³-hybridized carbons (Fsp3) is 0.421. The Balaban J connectivity index is 1.33. The minimum atomic E-state index is -0.271. The summed E-state index contributed by atoms with van der Waals surface area (Å²) in [5, 5.41) is 0. The Bertz CT molecular complexity index is 725. The molecular weight excluding hydrogens is 318 g/mol. The molecule has 2 aliphatic heterocycles. The van der Waals surface area contributed by atoms with Gasteiger partial charge in [-0.25, -0.2) is 0 Å². The van der Waals surface area contributed by atoms with Crippen LogP contribution in [0.1, 0.15) is 18.5 Å². The first-order valence-corrected chi connectivity index (χ1v) is 8.61. The number of nitrogens with zero attached hydrogens (tertiary/aromatic N) is 3. The Hall–Kier alpha value is -2.47. The zero-order valence-corrected chi connectivity index (χ0v) is 14.0. The highest BCUT2D eigenvalue weighted by Gasteiger charge is 2.47. The molecule has 0 radical (unpaired) electrons. The average Bonchev–Trinajstić information content (AvgIpc) is 3.24. The van der Waals surface area contributed by atoms with Crippen LogP contribution in [0, 0.1) is 0 Å². The SMILES string of the molecule is O=C(Cc1ccccn1)N1CCC2(CC(Oc3cccnc3)CO2)C1. The molecule has 0 aliphatic carbocycles. The van der Waals surface area contributed by atoms with Gasteiger partial charge in [-0.2, -0.15) is 0 Å². The Morgan fingerprint density at radius 2 is 2.28 bits per heavy atom. The summed E-state index contributed by atoms with van der Waals surface area (Å²) in [5.41, 5.74) is 0.533. The lowest BCUT2D eigenvalue weighted by molar-refractivity contribution is -0.130. The zero-order chi connectivity index (χ0) is 17.1. The zero-order valence-electron chi connectivity index (χ0n) is 14.0. The highest BCUT2D eigenvalue weighted by Crippen LogP contribution is 2.36. The van der Waals surface area contributed by atoms with Gasteiger partial charge in [-0.1, -0.05) is 6.07 Å². The van der Waals surface area contributed by atoms with Gasteiger partial charge in [-0.3, -0.25) is 14.8 Å². The third-order valence-electron chi connectivity index (χ3n) is 4.84. The molecule has 0 saturated carbocycles. The Morgan fingerprint density at radius 3 is 3.08 bits per heavy atom. The van der Waals surface area contributed by atoms with E-state index in [1.54, 1.807) is 18.6 Å². The van der Waals surface area contributed by atoms with E-state index in [1.165, 1.54) is 0 Å². The smallest absolute Gasteiger partial charge is 0.228 e. The molecule has 2 saturated heterocycles. The maximum atomic E-state index is 12.5. The number of pyridine rings is 2. The summed E-state index contributed by atoms with van der Waals surface area (Å²) in [6.07, 6.45) is 7.16. The largest absolute Gasteiger partial charge is 0.486 e. The number of carbonyl (C=O) groups excluding carboxylic acids is 1. The summed E-state index contributed by atoms with van der Waals surface area (Å²) in [7, 11) is 0. The van der Waals surface area contributed by atoms with Crippen LogP contribution in [-0.4, -0.2) is 52.2 Å². The summed E-state index contributed by atoms with van der Waals surface area (Å²) < 4.78 is 12.0. The monoisotopic (exact) mass is 339 g/mol. The number of rotatable bonds is 4. The molecule has 1 spiro atoms. The van der Waals surface area contributed by atoms with Gasteiger partial charge < -0.3 is 14.4 Å². The first kappa shape index (κ1) is 16.0. The Labute approximate surface area is 146 Å². The van der Waals surface area contributed by atoms with Gasteiger partial charge >= 0.3 is 0 Å². The third-order valence-corrected chi connectivity index (χ3v) is 4.84. The van der Waals surface area contributed by atoms with Crippen molar-refractivity contribution in [1.82, 2.24) is 14.9 Å². The number of carbonyl (C=O) groups is 1. The first-order valence-electron chi connectivity index (χ1n) is 8.61. The van der Waals surface area contributed by atoms with E-state index in [4.69, 9.17) is 9.47 Å². The van der Waals surface area contributed by atoms with Crippen LogP contribution in [0.5, 0.6) is 5.75 Å². The van der Waals surface area contributed by atoms with Crippen LogP contribution in [-0.2, 0) is 16.0 Å². The van der Waals surface area contributed by atoms with Crippen molar-refractivity contribution >= 4 is 5.91 Å². The van der Waals surface area contributed by atoms with Gasteiger partial charge in [0.05, 0.1) is 24.8 Å². The quantitative estimate of drug-likeness (QED) is 0.851. The van der Waals surface area contributed by atoms with Gasteiger partial charge in [-0.15, -0.1) is 0 Å². The van der Waals surface area contributed by atoms with Crippen LogP contribution in [0.2, 0.25) is 0 Å².